The lowest BCUT2D eigenvalue weighted by Crippen LogP contribution is -2.32. The van der Waals surface area contributed by atoms with E-state index < -0.39 is 5.97 Å². The maximum Gasteiger partial charge on any atom is 0.336 e. The first-order valence-electron chi connectivity index (χ1n) is 15.5. The molecule has 2 N–H and O–H groups in total. The molecule has 3 aromatic carbocycles. The number of carboxylic acids is 1. The molecule has 0 atom stereocenters. The summed E-state index contributed by atoms with van der Waals surface area (Å²) in [6.45, 7) is 16.5. The van der Waals surface area contributed by atoms with Crippen molar-refractivity contribution in [3.63, 3.8) is 0 Å². The lowest BCUT2D eigenvalue weighted by Gasteiger charge is -2.34. The molecule has 0 bridgehead atoms. The molecule has 3 aromatic rings. The number of Topliss-reactive ketones (excluding diaryl/α,β-unsaturated/α-hetero) is 1. The van der Waals surface area contributed by atoms with Gasteiger partial charge in [0.25, 0.3) is 0 Å². The second-order valence-electron chi connectivity index (χ2n) is 13.5. The third kappa shape index (κ3) is 4.96. The quantitative estimate of drug-likeness (QED) is 0.225. The number of hydrogen-bond acceptors (Lipinski definition) is 5. The van der Waals surface area contributed by atoms with Gasteiger partial charge in [0, 0.05) is 56.8 Å². The number of hydrogen-bond donors (Lipinski definition) is 2. The van der Waals surface area contributed by atoms with Gasteiger partial charge in [-0.1, -0.05) is 45.9 Å². The normalized spacial score (nSPS) is 17.1. The predicted octanol–water partition coefficient (Wildman–Crippen LogP) is 7.78. The summed E-state index contributed by atoms with van der Waals surface area (Å²) < 4.78 is 6.68. The predicted molar refractivity (Wildman–Crippen MR) is 176 cm³/mol. The van der Waals surface area contributed by atoms with Crippen molar-refractivity contribution in [2.24, 2.45) is 10.9 Å². The zero-order valence-electron chi connectivity index (χ0n) is 26.8. The van der Waals surface area contributed by atoms with Crippen LogP contribution in [0.1, 0.15) is 111 Å². The molecule has 0 saturated carbocycles. The van der Waals surface area contributed by atoms with Crippen LogP contribution in [0.2, 0.25) is 0 Å². The molecule has 3 heterocycles. The molecule has 0 fully saturated rings. The van der Waals surface area contributed by atoms with Gasteiger partial charge in [-0.2, -0.15) is 0 Å². The highest BCUT2D eigenvalue weighted by Gasteiger charge is 2.31. The number of carboxylic acid groups (broad SMARTS) is 1. The summed E-state index contributed by atoms with van der Waals surface area (Å²) in [6, 6.07) is 13.2. The molecule has 0 aromatic heterocycles. The molecule has 0 spiro atoms. The van der Waals surface area contributed by atoms with E-state index in [1.807, 2.05) is 26.0 Å². The van der Waals surface area contributed by atoms with E-state index in [0.717, 1.165) is 51.4 Å². The molecule has 226 valence electrons. The van der Waals surface area contributed by atoms with Crippen LogP contribution in [0.15, 0.2) is 59.6 Å². The van der Waals surface area contributed by atoms with E-state index >= 15 is 0 Å². The van der Waals surface area contributed by atoms with Gasteiger partial charge in [0.2, 0.25) is 0 Å². The molecule has 0 unspecified atom stereocenters. The van der Waals surface area contributed by atoms with Crippen LogP contribution < -0.4 is 20.6 Å². The third-order valence-electron chi connectivity index (χ3n) is 8.69. The van der Waals surface area contributed by atoms with Crippen molar-refractivity contribution >= 4 is 34.2 Å². The number of fused-ring (bicyclic) bond motifs is 4. The van der Waals surface area contributed by atoms with E-state index in [1.165, 1.54) is 11.1 Å². The Balaban J connectivity index is 1.76. The summed E-state index contributed by atoms with van der Waals surface area (Å²) in [6.07, 6.45) is 6.13. The Hall–Kier alpha value is -4.45. The van der Waals surface area contributed by atoms with Crippen LogP contribution in [0.4, 0.5) is 5.69 Å². The van der Waals surface area contributed by atoms with Crippen LogP contribution in [0.5, 0.6) is 11.5 Å². The third-order valence-corrected chi connectivity index (χ3v) is 8.69. The fourth-order valence-electron chi connectivity index (χ4n) is 6.73. The highest BCUT2D eigenvalue weighted by Crippen LogP contribution is 2.45. The number of carbonyl (C=O) groups is 2. The lowest BCUT2D eigenvalue weighted by molar-refractivity contribution is 0.0696. The van der Waals surface area contributed by atoms with Gasteiger partial charge in [0.15, 0.2) is 5.78 Å². The summed E-state index contributed by atoms with van der Waals surface area (Å²) in [7, 11) is 0. The van der Waals surface area contributed by atoms with E-state index in [2.05, 4.69) is 71.1 Å². The van der Waals surface area contributed by atoms with Gasteiger partial charge >= 0.3 is 5.97 Å². The van der Waals surface area contributed by atoms with Gasteiger partial charge in [-0.25, -0.2) is 4.79 Å². The molecule has 3 aliphatic rings. The van der Waals surface area contributed by atoms with Crippen molar-refractivity contribution in [2.75, 3.05) is 5.32 Å². The van der Waals surface area contributed by atoms with Gasteiger partial charge < -0.3 is 15.2 Å². The van der Waals surface area contributed by atoms with Crippen LogP contribution in [-0.4, -0.2) is 27.9 Å². The molecule has 0 saturated heterocycles. The molecular weight excluding hydrogens is 548 g/mol. The minimum atomic E-state index is -1.05. The van der Waals surface area contributed by atoms with Crippen LogP contribution in [0, 0.1) is 5.92 Å². The first kappa shape index (κ1) is 29.6. The van der Waals surface area contributed by atoms with E-state index in [4.69, 9.17) is 9.73 Å². The standard InChI is InChI=1S/C38H40N2O4/c1-9-21-18-37(5,6)39-30-16-32-28(14-25(21)30)34(27-13-23(35(41)20(3)4)11-12-24(27)36(42)43)29-15-26-22(10-2)19-38(7,8)40-31(26)17-33(29)44-32/h11-20,39H,9-10H2,1-8H3,(H,42,43). The molecule has 0 amide bonds. The Labute approximate surface area is 258 Å². The van der Waals surface area contributed by atoms with Gasteiger partial charge in [-0.3, -0.25) is 9.79 Å². The Bertz CT molecular complexity index is 1960. The summed E-state index contributed by atoms with van der Waals surface area (Å²) in [5.41, 5.74) is 7.50. The van der Waals surface area contributed by atoms with Crippen LogP contribution in [0.3, 0.4) is 0 Å². The van der Waals surface area contributed by atoms with Gasteiger partial charge in [-0.15, -0.1) is 0 Å². The summed E-state index contributed by atoms with van der Waals surface area (Å²) in [4.78, 5) is 31.0. The van der Waals surface area contributed by atoms with Crippen molar-refractivity contribution in [3.05, 3.63) is 98.6 Å². The van der Waals surface area contributed by atoms with Crippen molar-refractivity contribution in [1.29, 1.82) is 0 Å². The fourth-order valence-corrected chi connectivity index (χ4v) is 6.73. The summed E-state index contributed by atoms with van der Waals surface area (Å²) in [5.74, 6) is -0.0748. The van der Waals surface area contributed by atoms with E-state index in [1.54, 1.807) is 18.2 Å². The molecule has 0 aliphatic carbocycles. The number of carbonyl (C=O) groups excluding carboxylic acids is 1. The van der Waals surface area contributed by atoms with Gasteiger partial charge in [0.1, 0.15) is 11.5 Å². The Morgan fingerprint density at radius 1 is 0.864 bits per heavy atom. The van der Waals surface area contributed by atoms with Crippen molar-refractivity contribution < 1.29 is 19.4 Å². The molecule has 0 radical (unpaired) electrons. The van der Waals surface area contributed by atoms with Gasteiger partial charge in [-0.05, 0) is 81.5 Å². The van der Waals surface area contributed by atoms with Crippen molar-refractivity contribution in [2.45, 2.75) is 79.3 Å². The molecule has 6 rings (SSSR count). The SMILES string of the molecule is CCC1=CC(C)(C)Nc2cc3c(cc21)C(c1cc(C(=O)C(C)C)ccc1C(=O)O)=c1cc2c(cc1O3)=NC(C)(C)C=C2CC. The summed E-state index contributed by atoms with van der Waals surface area (Å²) >= 11 is 0. The Kier molecular flexibility index (Phi) is 6.95. The summed E-state index contributed by atoms with van der Waals surface area (Å²) in [5, 5.41) is 15.7. The maximum atomic E-state index is 13.2. The number of ketones is 1. The molecule has 6 heteroatoms. The zero-order chi connectivity index (χ0) is 31.7. The van der Waals surface area contributed by atoms with E-state index in [0.29, 0.717) is 22.6 Å². The monoisotopic (exact) mass is 588 g/mol. The average Bonchev–Trinajstić information content (AvgIpc) is 2.95. The van der Waals surface area contributed by atoms with Crippen LogP contribution in [-0.2, 0) is 0 Å². The second-order valence-corrected chi connectivity index (χ2v) is 13.5. The van der Waals surface area contributed by atoms with Crippen LogP contribution in [0.25, 0.3) is 16.7 Å². The van der Waals surface area contributed by atoms with Crippen molar-refractivity contribution in [1.82, 2.24) is 0 Å². The van der Waals surface area contributed by atoms with Crippen LogP contribution >= 0.6 is 0 Å². The molecule has 6 nitrogen and oxygen atoms in total. The van der Waals surface area contributed by atoms with Gasteiger partial charge in [0.05, 0.1) is 22.0 Å². The largest absolute Gasteiger partial charge is 0.478 e. The highest BCUT2D eigenvalue weighted by molar-refractivity contribution is 6.04. The number of ether oxygens (including phenoxy) is 1. The number of anilines is 1. The topological polar surface area (TPSA) is 88.0 Å². The smallest absolute Gasteiger partial charge is 0.336 e. The lowest BCUT2D eigenvalue weighted by atomic mass is 9.82. The zero-order valence-corrected chi connectivity index (χ0v) is 26.8. The fraction of sp³-hybridized carbons (Fsp3) is 0.342. The number of aromatic carboxylic acids is 1. The first-order valence-corrected chi connectivity index (χ1v) is 15.5. The first-order chi connectivity index (χ1) is 20.7. The Morgan fingerprint density at radius 2 is 1.57 bits per heavy atom. The Morgan fingerprint density at radius 3 is 2.23 bits per heavy atom. The number of nitrogens with one attached hydrogen (secondary N) is 1. The number of nitrogens with zero attached hydrogens (tertiary/aromatic N) is 1. The van der Waals surface area contributed by atoms with E-state index in [-0.39, 0.29) is 28.3 Å². The molecule has 44 heavy (non-hydrogen) atoms. The van der Waals surface area contributed by atoms with Crippen molar-refractivity contribution in [3.8, 4) is 11.5 Å². The second kappa shape index (κ2) is 10.3. The van der Waals surface area contributed by atoms with E-state index in [9.17, 15) is 14.7 Å². The number of allylic oxidation sites excluding steroid dienone is 2. The molecule has 3 aliphatic heterocycles. The highest BCUT2D eigenvalue weighted by atomic mass is 16.5. The number of benzene rings is 3. The molecular formula is C38H40N2O4. The average molecular weight is 589 g/mol. The number of rotatable bonds is 6. The minimum absolute atomic E-state index is 0.0351. The maximum absolute atomic E-state index is 13.2. The minimum Gasteiger partial charge on any atom is -0.478 e.